The number of carbonyl (C=O) groups is 3. The van der Waals surface area contributed by atoms with Crippen LogP contribution in [0.15, 0.2) is 132 Å². The summed E-state index contributed by atoms with van der Waals surface area (Å²) in [6.07, 6.45) is 1.61. The maximum absolute atomic E-state index is 15.1. The molecular weight excluding hydrogens is 858 g/mol. The largest absolute Gasteiger partial charge is 0.506 e. The lowest BCUT2D eigenvalue weighted by Crippen LogP contribution is -2.54. The summed E-state index contributed by atoms with van der Waals surface area (Å²) in [5.41, 5.74) is 0.453. The van der Waals surface area contributed by atoms with Crippen molar-refractivity contribution < 1.29 is 43.6 Å². The summed E-state index contributed by atoms with van der Waals surface area (Å²) in [7, 11) is 0. The van der Waals surface area contributed by atoms with Gasteiger partial charge < -0.3 is 45.7 Å². The van der Waals surface area contributed by atoms with Crippen molar-refractivity contribution >= 4 is 28.7 Å². The number of benzene rings is 5. The minimum atomic E-state index is -2.13. The molecule has 8 rings (SSSR count). The third-order valence-electron chi connectivity index (χ3n) is 12.6. The number of hydrogen-bond donors (Lipinski definition) is 7. The van der Waals surface area contributed by atoms with Crippen LogP contribution in [0.2, 0.25) is 0 Å². The normalized spacial score (nSPS) is 17.7. The van der Waals surface area contributed by atoms with Crippen molar-refractivity contribution in [3.8, 4) is 11.5 Å². The molecular formula is C52H54FN5O9. The number of piperidine rings is 1. The molecule has 2 heterocycles. The second kappa shape index (κ2) is 21.2. The molecule has 348 valence electrons. The summed E-state index contributed by atoms with van der Waals surface area (Å²) in [4.78, 5) is 56.4. The molecule has 0 spiro atoms. The summed E-state index contributed by atoms with van der Waals surface area (Å²) in [6, 6.07) is 34.8. The van der Waals surface area contributed by atoms with Gasteiger partial charge in [0, 0.05) is 48.7 Å². The zero-order valence-electron chi connectivity index (χ0n) is 36.8. The van der Waals surface area contributed by atoms with E-state index in [-0.39, 0.29) is 78.0 Å². The maximum atomic E-state index is 15.1. The SMILES string of the molecule is O=C(COc1cccc(C(O)(C(=O)OCC2CCN(Cc3ccccc3)CC2)c2ccccc2)c1)NC1CC(NC(=O)c2ccc(CNC[C@H](O)c3ccc(O)c4[nH]c(=O)ccc34)cc2F)C1. The van der Waals surface area contributed by atoms with Gasteiger partial charge in [0.15, 0.2) is 6.61 Å². The Morgan fingerprint density at radius 3 is 2.28 bits per heavy atom. The van der Waals surface area contributed by atoms with Gasteiger partial charge in [-0.25, -0.2) is 9.18 Å². The molecule has 6 aromatic rings. The first-order valence-electron chi connectivity index (χ1n) is 22.5. The summed E-state index contributed by atoms with van der Waals surface area (Å²) in [5.74, 6) is -2.17. The number of aromatic nitrogens is 1. The number of H-pyrrole nitrogens is 1. The fraction of sp³-hybridized carbons (Fsp3) is 0.308. The first-order valence-corrected chi connectivity index (χ1v) is 22.5. The Morgan fingerprint density at radius 1 is 0.821 bits per heavy atom. The number of nitrogens with zero attached hydrogens (tertiary/aromatic N) is 1. The van der Waals surface area contributed by atoms with Crippen LogP contribution in [-0.4, -0.2) is 87.9 Å². The van der Waals surface area contributed by atoms with E-state index in [9.17, 15) is 34.5 Å². The van der Waals surface area contributed by atoms with Crippen molar-refractivity contribution in [1.29, 1.82) is 0 Å². The molecule has 1 aliphatic heterocycles. The molecule has 15 heteroatoms. The quantitative estimate of drug-likeness (QED) is 0.0549. The van der Waals surface area contributed by atoms with Crippen molar-refractivity contribution in [3.05, 3.63) is 177 Å². The van der Waals surface area contributed by atoms with Gasteiger partial charge in [-0.3, -0.25) is 19.3 Å². The van der Waals surface area contributed by atoms with E-state index in [1.165, 1.54) is 42.0 Å². The molecule has 0 bridgehead atoms. The number of phenols is 1. The predicted molar refractivity (Wildman–Crippen MR) is 248 cm³/mol. The average molecular weight is 912 g/mol. The van der Waals surface area contributed by atoms with Crippen molar-refractivity contribution in [1.82, 2.24) is 25.8 Å². The van der Waals surface area contributed by atoms with E-state index in [0.29, 0.717) is 34.9 Å². The number of fused-ring (bicyclic) bond motifs is 1. The van der Waals surface area contributed by atoms with Crippen LogP contribution in [0.4, 0.5) is 4.39 Å². The number of aromatic hydroxyl groups is 1. The molecule has 2 atom stereocenters. The van der Waals surface area contributed by atoms with Crippen LogP contribution < -0.4 is 26.2 Å². The number of ether oxygens (including phenoxy) is 2. The summed E-state index contributed by atoms with van der Waals surface area (Å²) in [6.45, 7) is 2.77. The van der Waals surface area contributed by atoms with E-state index in [1.807, 2.05) is 18.2 Å². The van der Waals surface area contributed by atoms with Gasteiger partial charge in [0.25, 0.3) is 11.8 Å². The topological polar surface area (TPSA) is 203 Å². The number of pyridine rings is 1. The highest BCUT2D eigenvalue weighted by molar-refractivity contribution is 5.95. The number of nitrogens with one attached hydrogen (secondary N) is 4. The van der Waals surface area contributed by atoms with Gasteiger partial charge in [0.2, 0.25) is 11.2 Å². The van der Waals surface area contributed by atoms with Gasteiger partial charge in [-0.05, 0) is 103 Å². The fourth-order valence-corrected chi connectivity index (χ4v) is 8.74. The predicted octanol–water partition coefficient (Wildman–Crippen LogP) is 5.34. The lowest BCUT2D eigenvalue weighted by molar-refractivity contribution is -0.164. The summed E-state index contributed by atoms with van der Waals surface area (Å²) >= 11 is 0. The molecule has 1 aromatic heterocycles. The highest BCUT2D eigenvalue weighted by Crippen LogP contribution is 2.34. The number of carbonyl (C=O) groups excluding carboxylic acids is 3. The second-order valence-corrected chi connectivity index (χ2v) is 17.3. The first-order chi connectivity index (χ1) is 32.4. The average Bonchev–Trinajstić information content (AvgIpc) is 3.33. The van der Waals surface area contributed by atoms with Crippen LogP contribution >= 0.6 is 0 Å². The van der Waals surface area contributed by atoms with E-state index >= 15 is 4.39 Å². The third kappa shape index (κ3) is 11.4. The molecule has 1 unspecified atom stereocenters. The highest BCUT2D eigenvalue weighted by Gasteiger charge is 2.42. The van der Waals surface area contributed by atoms with Gasteiger partial charge in [-0.1, -0.05) is 84.9 Å². The van der Waals surface area contributed by atoms with E-state index in [4.69, 9.17) is 9.47 Å². The van der Waals surface area contributed by atoms with Crippen LogP contribution in [-0.2, 0) is 33.0 Å². The molecule has 1 aliphatic carbocycles. The van der Waals surface area contributed by atoms with E-state index < -0.39 is 35.3 Å². The monoisotopic (exact) mass is 911 g/mol. The molecule has 2 aliphatic rings. The lowest BCUT2D eigenvalue weighted by Gasteiger charge is -2.36. The number of hydrogen-bond acceptors (Lipinski definition) is 11. The second-order valence-electron chi connectivity index (χ2n) is 17.3. The van der Waals surface area contributed by atoms with E-state index in [0.717, 1.165) is 32.5 Å². The van der Waals surface area contributed by atoms with Crippen LogP contribution in [0.1, 0.15) is 70.0 Å². The molecule has 5 aromatic carbocycles. The van der Waals surface area contributed by atoms with Gasteiger partial charge in [0.1, 0.15) is 17.3 Å². The molecule has 2 fully saturated rings. The Labute approximate surface area is 386 Å². The first kappa shape index (κ1) is 46.6. The molecule has 14 nitrogen and oxygen atoms in total. The van der Waals surface area contributed by atoms with Gasteiger partial charge in [-0.2, -0.15) is 0 Å². The summed E-state index contributed by atoms with van der Waals surface area (Å²) < 4.78 is 26.8. The Balaban J connectivity index is 0.774. The minimum Gasteiger partial charge on any atom is -0.506 e. The molecule has 1 saturated carbocycles. The zero-order valence-corrected chi connectivity index (χ0v) is 36.8. The maximum Gasteiger partial charge on any atom is 0.347 e. The fourth-order valence-electron chi connectivity index (χ4n) is 8.74. The standard InChI is InChI=1S/C52H54FN5O9/c53-44-24-35(28-54-29-46(60)41-16-18-45(59)49-42(41)17-19-47(61)57-49)14-15-43(44)50(63)56-39-26-38(27-39)55-48(62)32-66-40-13-7-12-37(25-40)52(65,36-10-5-2-6-11-36)51(64)67-31-34-20-22-58(23-21-34)30-33-8-3-1-4-9-33/h1-19,24-25,34,38-39,46,54,59-60,65H,20-23,26-32H2,(H,55,62)(H,56,63)(H,57,61)/t38?,39?,46-,52?/m0/s1. The van der Waals surface area contributed by atoms with Gasteiger partial charge in [0.05, 0.1) is 23.8 Å². The third-order valence-corrected chi connectivity index (χ3v) is 12.6. The number of rotatable bonds is 18. The van der Waals surface area contributed by atoms with Crippen LogP contribution in [0.3, 0.4) is 0 Å². The summed E-state index contributed by atoms with van der Waals surface area (Å²) in [5, 5.41) is 42.3. The van der Waals surface area contributed by atoms with Crippen molar-refractivity contribution in [3.63, 3.8) is 0 Å². The van der Waals surface area contributed by atoms with E-state index in [1.54, 1.807) is 60.7 Å². The molecule has 1 saturated heterocycles. The van der Waals surface area contributed by atoms with Crippen LogP contribution in [0.25, 0.3) is 10.9 Å². The Kier molecular flexibility index (Phi) is 14.7. The molecule has 67 heavy (non-hydrogen) atoms. The lowest BCUT2D eigenvalue weighted by atomic mass is 9.86. The molecule has 2 amide bonds. The van der Waals surface area contributed by atoms with Crippen molar-refractivity contribution in [2.24, 2.45) is 5.92 Å². The molecule has 7 N–H and O–H groups in total. The Morgan fingerprint density at radius 2 is 1.54 bits per heavy atom. The number of halogens is 1. The zero-order chi connectivity index (χ0) is 46.9. The van der Waals surface area contributed by atoms with Crippen molar-refractivity contribution in [2.75, 3.05) is 32.8 Å². The van der Waals surface area contributed by atoms with Gasteiger partial charge >= 0.3 is 5.97 Å². The smallest absolute Gasteiger partial charge is 0.347 e. The van der Waals surface area contributed by atoms with Crippen molar-refractivity contribution in [2.45, 2.75) is 62.6 Å². The van der Waals surface area contributed by atoms with Gasteiger partial charge in [-0.15, -0.1) is 0 Å². The minimum absolute atomic E-state index is 0.0927. The number of amides is 2. The highest BCUT2D eigenvalue weighted by atomic mass is 19.1. The Bertz CT molecular complexity index is 2740. The number of aromatic amines is 1. The van der Waals surface area contributed by atoms with Crippen LogP contribution in [0.5, 0.6) is 11.5 Å². The number of aliphatic hydroxyl groups is 2. The number of phenolic OH excluding ortho intramolecular Hbond substituents is 1. The van der Waals surface area contributed by atoms with Crippen LogP contribution in [0, 0.1) is 11.7 Å². The van der Waals surface area contributed by atoms with E-state index in [2.05, 4.69) is 38.0 Å². The number of aliphatic hydroxyl groups excluding tert-OH is 1. The number of likely N-dealkylation sites (tertiary alicyclic amines) is 1. The molecule has 0 radical (unpaired) electrons. The number of esters is 1. The Hall–Kier alpha value is -6.91.